The summed E-state index contributed by atoms with van der Waals surface area (Å²) in [4.78, 5) is 13.3. The number of aromatic hydroxyl groups is 3. The minimum atomic E-state index is -0.792. The van der Waals surface area contributed by atoms with E-state index in [-0.39, 0.29) is 35.2 Å². The molecule has 0 radical (unpaired) electrons. The summed E-state index contributed by atoms with van der Waals surface area (Å²) in [6, 6.07) is 5.68. The Bertz CT molecular complexity index is 1120. The van der Waals surface area contributed by atoms with Crippen LogP contribution in [0.2, 0.25) is 0 Å². The van der Waals surface area contributed by atoms with Gasteiger partial charge in [-0.3, -0.25) is 4.79 Å². The number of benzene rings is 2. The summed E-state index contributed by atoms with van der Waals surface area (Å²) in [7, 11) is 0. The first-order valence-corrected chi connectivity index (χ1v) is 8.95. The number of hydrogen-bond acceptors (Lipinski definition) is 6. The van der Waals surface area contributed by atoms with Crippen LogP contribution in [0, 0.1) is 0 Å². The molecular weight excluding hydrogens is 360 g/mol. The number of carbonyl (C=O) groups excluding carboxylic acids is 1. The maximum atomic E-state index is 13.3. The lowest BCUT2D eigenvalue weighted by atomic mass is 9.85. The first kappa shape index (κ1) is 18.0. The molecule has 1 aromatic heterocycles. The van der Waals surface area contributed by atoms with Crippen molar-refractivity contribution in [2.45, 2.75) is 26.2 Å². The molecule has 0 amide bonds. The minimum Gasteiger partial charge on any atom is -0.508 e. The lowest BCUT2D eigenvalue weighted by Crippen LogP contribution is -2.27. The van der Waals surface area contributed by atoms with Gasteiger partial charge >= 0.3 is 0 Å². The van der Waals surface area contributed by atoms with Crippen LogP contribution in [0.5, 0.6) is 23.0 Å². The number of phenolic OH excluding ortho intramolecular Hbond substituents is 3. The highest BCUT2D eigenvalue weighted by molar-refractivity contribution is 6.11. The van der Waals surface area contributed by atoms with E-state index in [1.54, 1.807) is 6.07 Å². The molecule has 1 atom stereocenters. The van der Waals surface area contributed by atoms with Gasteiger partial charge in [-0.1, -0.05) is 17.7 Å². The number of ether oxygens (including phenoxy) is 1. The third-order valence-corrected chi connectivity index (χ3v) is 4.99. The molecule has 0 saturated carbocycles. The fourth-order valence-corrected chi connectivity index (χ4v) is 3.58. The summed E-state index contributed by atoms with van der Waals surface area (Å²) in [5.41, 5.74) is 2.74. The Morgan fingerprint density at radius 2 is 2.00 bits per heavy atom. The van der Waals surface area contributed by atoms with Crippen molar-refractivity contribution in [3.8, 4) is 23.0 Å². The lowest BCUT2D eigenvalue weighted by Gasteiger charge is -2.27. The Balaban J connectivity index is 1.88. The smallest absolute Gasteiger partial charge is 0.181 e. The Kier molecular flexibility index (Phi) is 4.26. The molecule has 2 heterocycles. The number of rotatable bonds is 3. The maximum Gasteiger partial charge on any atom is 0.181 e. The van der Waals surface area contributed by atoms with E-state index in [1.807, 2.05) is 19.9 Å². The van der Waals surface area contributed by atoms with Gasteiger partial charge in [0.15, 0.2) is 5.78 Å². The van der Waals surface area contributed by atoms with E-state index in [1.165, 1.54) is 24.5 Å². The Morgan fingerprint density at radius 1 is 1.21 bits per heavy atom. The van der Waals surface area contributed by atoms with E-state index in [0.717, 1.165) is 5.57 Å². The van der Waals surface area contributed by atoms with Crippen LogP contribution >= 0.6 is 0 Å². The van der Waals surface area contributed by atoms with Crippen molar-refractivity contribution in [1.82, 2.24) is 0 Å². The standard InChI is InChI=1S/C22H20O6/c1-11(2)3-5-15-21-14(7-8-27-21)19(25)18-20(26)16(10-28-22(15)18)13-6-4-12(23)9-17(13)24/h3-4,6-9,16,23-25H,5,10H2,1-2H3/t16-/m0/s1. The Labute approximate surface area is 161 Å². The molecule has 4 rings (SSSR count). The summed E-state index contributed by atoms with van der Waals surface area (Å²) in [6.45, 7) is 3.96. The maximum absolute atomic E-state index is 13.3. The van der Waals surface area contributed by atoms with Gasteiger partial charge in [-0.2, -0.15) is 0 Å². The SMILES string of the molecule is CC(C)=CCc1c2c(c(O)c3ccoc13)C(=O)[C@H](c1ccc(O)cc1O)CO2. The van der Waals surface area contributed by atoms with Crippen LogP contribution in [-0.4, -0.2) is 27.7 Å². The molecule has 0 bridgehead atoms. The normalized spacial score (nSPS) is 15.9. The van der Waals surface area contributed by atoms with Crippen LogP contribution in [0.4, 0.5) is 0 Å². The molecule has 3 aromatic rings. The number of ketones is 1. The van der Waals surface area contributed by atoms with Gasteiger partial charge < -0.3 is 24.5 Å². The fourth-order valence-electron chi connectivity index (χ4n) is 3.58. The van der Waals surface area contributed by atoms with Crippen molar-refractivity contribution in [2.75, 3.05) is 6.61 Å². The first-order chi connectivity index (χ1) is 13.4. The van der Waals surface area contributed by atoms with Crippen LogP contribution in [0.15, 0.2) is 46.6 Å². The highest BCUT2D eigenvalue weighted by atomic mass is 16.5. The van der Waals surface area contributed by atoms with Gasteiger partial charge in [-0.15, -0.1) is 0 Å². The lowest BCUT2D eigenvalue weighted by molar-refractivity contribution is 0.0889. The molecule has 28 heavy (non-hydrogen) atoms. The molecule has 6 nitrogen and oxygen atoms in total. The zero-order valence-corrected chi connectivity index (χ0v) is 15.5. The molecule has 0 spiro atoms. The summed E-state index contributed by atoms with van der Waals surface area (Å²) in [6.07, 6.45) is 3.97. The first-order valence-electron chi connectivity index (χ1n) is 8.95. The minimum absolute atomic E-state index is 0.0116. The van der Waals surface area contributed by atoms with E-state index in [0.29, 0.717) is 34.3 Å². The molecule has 3 N–H and O–H groups in total. The third kappa shape index (κ3) is 2.78. The summed E-state index contributed by atoms with van der Waals surface area (Å²) in [5, 5.41) is 30.9. The molecule has 144 valence electrons. The van der Waals surface area contributed by atoms with Gasteiger partial charge in [0, 0.05) is 17.2 Å². The van der Waals surface area contributed by atoms with Crippen LogP contribution in [0.25, 0.3) is 11.0 Å². The monoisotopic (exact) mass is 380 g/mol. The van der Waals surface area contributed by atoms with Crippen LogP contribution in [-0.2, 0) is 6.42 Å². The van der Waals surface area contributed by atoms with Crippen LogP contribution in [0.3, 0.4) is 0 Å². The van der Waals surface area contributed by atoms with Gasteiger partial charge in [-0.05, 0) is 32.4 Å². The molecule has 1 aliphatic heterocycles. The fraction of sp³-hybridized carbons (Fsp3) is 0.227. The average Bonchev–Trinajstić information content (AvgIpc) is 3.12. The topological polar surface area (TPSA) is 100 Å². The number of fused-ring (bicyclic) bond motifs is 2. The van der Waals surface area contributed by atoms with E-state index >= 15 is 0 Å². The second kappa shape index (κ2) is 6.64. The van der Waals surface area contributed by atoms with Gasteiger partial charge in [0.2, 0.25) is 0 Å². The molecule has 1 aliphatic rings. The van der Waals surface area contributed by atoms with E-state index in [2.05, 4.69) is 0 Å². The van der Waals surface area contributed by atoms with E-state index < -0.39 is 5.92 Å². The summed E-state index contributed by atoms with van der Waals surface area (Å²) >= 11 is 0. The Hall–Kier alpha value is -3.41. The van der Waals surface area contributed by atoms with Crippen molar-refractivity contribution < 1.29 is 29.3 Å². The average molecular weight is 380 g/mol. The Morgan fingerprint density at radius 3 is 2.71 bits per heavy atom. The van der Waals surface area contributed by atoms with Gasteiger partial charge in [0.05, 0.1) is 17.6 Å². The molecular formula is C22H20O6. The van der Waals surface area contributed by atoms with Crippen molar-refractivity contribution in [2.24, 2.45) is 0 Å². The van der Waals surface area contributed by atoms with Crippen molar-refractivity contribution in [3.63, 3.8) is 0 Å². The molecule has 0 saturated heterocycles. The van der Waals surface area contributed by atoms with E-state index in [4.69, 9.17) is 9.15 Å². The summed E-state index contributed by atoms with van der Waals surface area (Å²) in [5.74, 6) is -1.30. The molecule has 0 aliphatic carbocycles. The number of carbonyl (C=O) groups is 1. The number of hydrogen-bond donors (Lipinski definition) is 3. The number of allylic oxidation sites excluding steroid dienone is 2. The predicted octanol–water partition coefficient (Wildman–Crippen LogP) is 4.42. The van der Waals surface area contributed by atoms with Crippen LogP contribution < -0.4 is 4.74 Å². The highest BCUT2D eigenvalue weighted by Gasteiger charge is 2.37. The predicted molar refractivity (Wildman–Crippen MR) is 103 cm³/mol. The molecule has 0 fully saturated rings. The van der Waals surface area contributed by atoms with Crippen LogP contribution in [0.1, 0.15) is 41.3 Å². The van der Waals surface area contributed by atoms with E-state index in [9.17, 15) is 20.1 Å². The molecule has 2 aromatic carbocycles. The van der Waals surface area contributed by atoms with Crippen molar-refractivity contribution in [1.29, 1.82) is 0 Å². The zero-order chi connectivity index (χ0) is 20.0. The molecule has 6 heteroatoms. The number of Topliss-reactive ketones (excluding diaryl/α,β-unsaturated/α-hetero) is 1. The van der Waals surface area contributed by atoms with Crippen molar-refractivity contribution in [3.05, 3.63) is 58.9 Å². The second-order valence-corrected chi connectivity index (χ2v) is 7.15. The van der Waals surface area contributed by atoms with Gasteiger partial charge in [-0.25, -0.2) is 0 Å². The quantitative estimate of drug-likeness (QED) is 0.582. The van der Waals surface area contributed by atoms with Gasteiger partial charge in [0.25, 0.3) is 0 Å². The van der Waals surface area contributed by atoms with Crippen molar-refractivity contribution >= 4 is 16.8 Å². The number of phenols is 3. The van der Waals surface area contributed by atoms with Gasteiger partial charge in [0.1, 0.15) is 40.8 Å². The summed E-state index contributed by atoms with van der Waals surface area (Å²) < 4.78 is 11.5. The number of furan rings is 1. The third-order valence-electron chi connectivity index (χ3n) is 4.99. The second-order valence-electron chi connectivity index (χ2n) is 7.15. The largest absolute Gasteiger partial charge is 0.508 e. The zero-order valence-electron chi connectivity index (χ0n) is 15.5. The molecule has 0 unspecified atom stereocenters. The highest BCUT2D eigenvalue weighted by Crippen LogP contribution is 2.47.